The Morgan fingerprint density at radius 3 is 1.92 bits per heavy atom. The fourth-order valence-corrected chi connectivity index (χ4v) is 3.19. The van der Waals surface area contributed by atoms with Crippen LogP contribution in [0.5, 0.6) is 0 Å². The Balaban J connectivity index is 0. The van der Waals surface area contributed by atoms with Crippen LogP contribution in [0.3, 0.4) is 0 Å². The number of nitrogens with two attached hydrogens (primary N) is 2. The molecule has 0 aromatic heterocycles. The van der Waals surface area contributed by atoms with Gasteiger partial charge in [-0.3, -0.25) is 0 Å². The van der Waals surface area contributed by atoms with Gasteiger partial charge in [0.15, 0.2) is 8.32 Å². The predicted octanol–water partition coefficient (Wildman–Crippen LogP) is 1.66. The van der Waals surface area contributed by atoms with Crippen LogP contribution in [0.25, 0.3) is 0 Å². The summed E-state index contributed by atoms with van der Waals surface area (Å²) < 4.78 is 5.61. The van der Waals surface area contributed by atoms with E-state index in [1.54, 1.807) is 0 Å². The van der Waals surface area contributed by atoms with Gasteiger partial charge in [0.25, 0.3) is 0 Å². The topological polar surface area (TPSA) is 78.3 Å². The van der Waals surface area contributed by atoms with Crippen molar-refractivity contribution in [1.82, 2.24) is 0 Å². The van der Waals surface area contributed by atoms with Crippen LogP contribution in [0.1, 0.15) is 20.3 Å². The number of primary amides is 2. The molecule has 0 aliphatic rings. The van der Waals surface area contributed by atoms with Gasteiger partial charge in [-0.15, -0.1) is 0 Å². The third-order valence-electron chi connectivity index (χ3n) is 1.39. The van der Waals surface area contributed by atoms with Gasteiger partial charge in [-0.25, -0.2) is 4.79 Å². The first-order valence-electron chi connectivity index (χ1n) is 4.54. The molecule has 2 amide bonds. The zero-order valence-electron chi connectivity index (χ0n) is 9.09. The molecule has 0 aromatic carbocycles. The van der Waals surface area contributed by atoms with E-state index < -0.39 is 14.3 Å². The lowest BCUT2D eigenvalue weighted by atomic mass is 10.6. The minimum Gasteiger partial charge on any atom is -0.418 e. The van der Waals surface area contributed by atoms with Gasteiger partial charge in [0.05, 0.1) is 0 Å². The van der Waals surface area contributed by atoms with Crippen molar-refractivity contribution < 1.29 is 9.22 Å². The summed E-state index contributed by atoms with van der Waals surface area (Å²) in [4.78, 5) is 9.00. The number of hydrogen-bond acceptors (Lipinski definition) is 2. The molecule has 0 rings (SSSR count). The molecule has 0 radical (unpaired) electrons. The molecule has 0 aliphatic carbocycles. The molecule has 0 fully saturated rings. The zero-order chi connectivity index (χ0) is 10.9. The largest absolute Gasteiger partial charge is 0.418 e. The molecule has 4 nitrogen and oxygen atoms in total. The average molecular weight is 206 g/mol. The SMILES string of the molecule is CCC[Si](C)(C)OCC.NC(N)=O. The maximum atomic E-state index is 9.00. The average Bonchev–Trinajstić information content (AvgIpc) is 1.84. The van der Waals surface area contributed by atoms with Crippen molar-refractivity contribution in [1.29, 1.82) is 0 Å². The maximum Gasteiger partial charge on any atom is 0.309 e. The first kappa shape index (κ1) is 14.9. The van der Waals surface area contributed by atoms with Crippen molar-refractivity contribution in [3.8, 4) is 0 Å². The van der Waals surface area contributed by atoms with Gasteiger partial charge in [0, 0.05) is 6.61 Å². The molecular formula is C8H22N2O2Si. The Bertz CT molecular complexity index is 128. The molecule has 0 heterocycles. The highest BCUT2D eigenvalue weighted by atomic mass is 28.4. The summed E-state index contributed by atoms with van der Waals surface area (Å²) in [6, 6.07) is 0.459. The van der Waals surface area contributed by atoms with Gasteiger partial charge in [-0.1, -0.05) is 13.3 Å². The van der Waals surface area contributed by atoms with Crippen LogP contribution in [0.2, 0.25) is 19.1 Å². The van der Waals surface area contributed by atoms with Crippen molar-refractivity contribution in [3.05, 3.63) is 0 Å². The van der Waals surface area contributed by atoms with Gasteiger partial charge < -0.3 is 15.9 Å². The van der Waals surface area contributed by atoms with Crippen LogP contribution >= 0.6 is 0 Å². The lowest BCUT2D eigenvalue weighted by Crippen LogP contribution is -2.29. The normalized spacial score (nSPS) is 10.2. The van der Waals surface area contributed by atoms with Gasteiger partial charge >= 0.3 is 6.03 Å². The summed E-state index contributed by atoms with van der Waals surface area (Å²) >= 11 is 0. The van der Waals surface area contributed by atoms with E-state index in [0.29, 0.717) is 0 Å². The zero-order valence-corrected chi connectivity index (χ0v) is 10.1. The van der Waals surface area contributed by atoms with Crippen molar-refractivity contribution >= 4 is 14.3 Å². The van der Waals surface area contributed by atoms with Crippen LogP contribution in [0.4, 0.5) is 4.79 Å². The number of amides is 2. The second kappa shape index (κ2) is 8.06. The second-order valence-corrected chi connectivity index (χ2v) is 7.65. The molecular weight excluding hydrogens is 184 g/mol. The van der Waals surface area contributed by atoms with E-state index in [1.165, 1.54) is 12.5 Å². The van der Waals surface area contributed by atoms with Crippen molar-refractivity contribution in [2.75, 3.05) is 6.61 Å². The van der Waals surface area contributed by atoms with Crippen LogP contribution in [-0.2, 0) is 4.43 Å². The van der Waals surface area contributed by atoms with E-state index in [1.807, 2.05) is 0 Å². The highest BCUT2D eigenvalue weighted by Crippen LogP contribution is 2.12. The summed E-state index contributed by atoms with van der Waals surface area (Å²) in [6.45, 7) is 9.73. The van der Waals surface area contributed by atoms with Gasteiger partial charge in [0.2, 0.25) is 0 Å². The Morgan fingerprint density at radius 1 is 1.31 bits per heavy atom. The first-order chi connectivity index (χ1) is 5.85. The highest BCUT2D eigenvalue weighted by molar-refractivity contribution is 6.71. The van der Waals surface area contributed by atoms with Crippen molar-refractivity contribution in [2.24, 2.45) is 11.5 Å². The molecule has 0 saturated carbocycles. The van der Waals surface area contributed by atoms with E-state index in [-0.39, 0.29) is 0 Å². The third kappa shape index (κ3) is 18.4. The van der Waals surface area contributed by atoms with E-state index in [2.05, 4.69) is 38.4 Å². The van der Waals surface area contributed by atoms with E-state index in [4.69, 9.17) is 9.22 Å². The van der Waals surface area contributed by atoms with E-state index in [9.17, 15) is 0 Å². The second-order valence-electron chi connectivity index (χ2n) is 3.35. The molecule has 4 N–H and O–H groups in total. The molecule has 0 atom stereocenters. The van der Waals surface area contributed by atoms with Crippen LogP contribution in [-0.4, -0.2) is 21.0 Å². The number of carbonyl (C=O) groups is 1. The molecule has 13 heavy (non-hydrogen) atoms. The summed E-state index contributed by atoms with van der Waals surface area (Å²) in [5.74, 6) is 0. The summed E-state index contributed by atoms with van der Waals surface area (Å²) in [5, 5.41) is 0. The number of rotatable bonds is 4. The smallest absolute Gasteiger partial charge is 0.309 e. The third-order valence-corrected chi connectivity index (χ3v) is 4.16. The predicted molar refractivity (Wildman–Crippen MR) is 58.0 cm³/mol. The number of hydrogen-bond donors (Lipinski definition) is 2. The highest BCUT2D eigenvalue weighted by Gasteiger charge is 2.19. The summed E-state index contributed by atoms with van der Waals surface area (Å²) in [5.41, 5.74) is 8.50. The maximum absolute atomic E-state index is 9.00. The van der Waals surface area contributed by atoms with Crippen LogP contribution < -0.4 is 11.5 Å². The molecule has 0 saturated heterocycles. The van der Waals surface area contributed by atoms with Crippen LogP contribution in [0, 0.1) is 0 Å². The number of carbonyl (C=O) groups excluding carboxylic acids is 1. The first-order valence-corrected chi connectivity index (χ1v) is 7.66. The number of urea groups is 1. The molecule has 0 spiro atoms. The standard InChI is InChI=1S/C7H18OSi.CH4N2O/c1-5-7-9(3,4)8-6-2;2-1(3)4/h5-7H2,1-4H3;(H4,2,3,4). The molecule has 0 aromatic rings. The molecule has 0 aliphatic heterocycles. The van der Waals surface area contributed by atoms with Gasteiger partial charge in [-0.05, 0) is 26.1 Å². The fourth-order valence-electron chi connectivity index (χ4n) is 1.06. The Kier molecular flexibility index (Phi) is 9.27. The summed E-state index contributed by atoms with van der Waals surface area (Å²) in [6.07, 6.45) is 1.26. The summed E-state index contributed by atoms with van der Waals surface area (Å²) in [7, 11) is -1.20. The molecule has 80 valence electrons. The Hall–Kier alpha value is -0.553. The Labute approximate surface area is 81.8 Å². The quantitative estimate of drug-likeness (QED) is 0.686. The van der Waals surface area contributed by atoms with E-state index >= 15 is 0 Å². The minimum absolute atomic E-state index is 0.833. The molecule has 5 heteroatoms. The lowest BCUT2D eigenvalue weighted by Gasteiger charge is -2.20. The van der Waals surface area contributed by atoms with Gasteiger partial charge in [0.1, 0.15) is 0 Å². The molecule has 0 bridgehead atoms. The minimum atomic E-state index is -1.20. The lowest BCUT2D eigenvalue weighted by molar-refractivity contribution is 0.256. The van der Waals surface area contributed by atoms with Gasteiger partial charge in [-0.2, -0.15) is 0 Å². The fraction of sp³-hybridized carbons (Fsp3) is 0.875. The van der Waals surface area contributed by atoms with Crippen LogP contribution in [0.15, 0.2) is 0 Å². The van der Waals surface area contributed by atoms with E-state index in [0.717, 1.165) is 6.61 Å². The Morgan fingerprint density at radius 2 is 1.69 bits per heavy atom. The molecule has 0 unspecified atom stereocenters. The monoisotopic (exact) mass is 206 g/mol. The van der Waals surface area contributed by atoms with Crippen molar-refractivity contribution in [2.45, 2.75) is 39.4 Å². The van der Waals surface area contributed by atoms with Crippen molar-refractivity contribution in [3.63, 3.8) is 0 Å².